The van der Waals surface area contributed by atoms with E-state index in [1.807, 2.05) is 0 Å². The Hall–Kier alpha value is -3.12. The monoisotopic (exact) mass is 369 g/mol. The molecule has 3 rings (SSSR count). The summed E-state index contributed by atoms with van der Waals surface area (Å²) in [6.07, 6.45) is 1.85. The van der Waals surface area contributed by atoms with Crippen LogP contribution in [-0.4, -0.2) is 27.5 Å². The summed E-state index contributed by atoms with van der Waals surface area (Å²) in [6.45, 7) is 0.363. The Morgan fingerprint density at radius 2 is 1.81 bits per heavy atom. The molecule has 2 aromatic carbocycles. The lowest BCUT2D eigenvalue weighted by Crippen LogP contribution is -2.31. The molecule has 0 atom stereocenters. The minimum absolute atomic E-state index is 0.0478. The van der Waals surface area contributed by atoms with Crippen molar-refractivity contribution < 1.29 is 9.90 Å². The number of phenols is 1. The summed E-state index contributed by atoms with van der Waals surface area (Å²) in [4.78, 5) is 31.1. The number of aromatic hydroxyl groups is 1. The standard InChI is InChI=1S/C19H16ClN3O3/c20-14-5-3-13(4-6-14)17-22-11-16(19(26)23-17)18(25)21-10-9-12-1-7-15(24)8-2-12/h1-8,11,24H,9-10H2,(H,21,25)(H,22,23,26). The maximum absolute atomic E-state index is 12.2. The third kappa shape index (κ3) is 4.29. The van der Waals surface area contributed by atoms with Gasteiger partial charge in [0.1, 0.15) is 17.1 Å². The summed E-state index contributed by atoms with van der Waals surface area (Å²) in [7, 11) is 0. The number of nitrogens with one attached hydrogen (secondary N) is 2. The van der Waals surface area contributed by atoms with Crippen LogP contribution in [0.3, 0.4) is 0 Å². The lowest BCUT2D eigenvalue weighted by Gasteiger charge is -2.06. The topological polar surface area (TPSA) is 95.1 Å². The van der Waals surface area contributed by atoms with E-state index in [0.29, 0.717) is 29.4 Å². The number of hydrogen-bond donors (Lipinski definition) is 3. The van der Waals surface area contributed by atoms with E-state index in [9.17, 15) is 14.7 Å². The van der Waals surface area contributed by atoms with Gasteiger partial charge in [0, 0.05) is 23.3 Å². The molecule has 1 heterocycles. The highest BCUT2D eigenvalue weighted by Crippen LogP contribution is 2.16. The van der Waals surface area contributed by atoms with Gasteiger partial charge in [0.2, 0.25) is 0 Å². The van der Waals surface area contributed by atoms with E-state index in [-0.39, 0.29) is 11.3 Å². The number of aromatic amines is 1. The zero-order valence-corrected chi connectivity index (χ0v) is 14.5. The van der Waals surface area contributed by atoms with Crippen LogP contribution < -0.4 is 10.9 Å². The molecule has 0 saturated carbocycles. The molecule has 1 aromatic heterocycles. The molecule has 3 N–H and O–H groups in total. The first-order valence-corrected chi connectivity index (χ1v) is 8.32. The van der Waals surface area contributed by atoms with Crippen LogP contribution in [0.5, 0.6) is 5.75 Å². The summed E-state index contributed by atoms with van der Waals surface area (Å²) in [5, 5.41) is 12.5. The van der Waals surface area contributed by atoms with Gasteiger partial charge in [-0.25, -0.2) is 4.98 Å². The van der Waals surface area contributed by atoms with Crippen molar-refractivity contribution in [3.8, 4) is 17.1 Å². The lowest BCUT2D eigenvalue weighted by atomic mass is 10.1. The van der Waals surface area contributed by atoms with Crippen LogP contribution in [0.1, 0.15) is 15.9 Å². The van der Waals surface area contributed by atoms with E-state index in [0.717, 1.165) is 5.56 Å². The number of phenolic OH excluding ortho intramolecular Hbond substituents is 1. The molecule has 0 bridgehead atoms. The van der Waals surface area contributed by atoms with E-state index in [1.54, 1.807) is 48.5 Å². The van der Waals surface area contributed by atoms with Crippen LogP contribution in [0.4, 0.5) is 0 Å². The van der Waals surface area contributed by atoms with E-state index in [1.165, 1.54) is 6.20 Å². The highest BCUT2D eigenvalue weighted by molar-refractivity contribution is 6.30. The molecule has 0 unspecified atom stereocenters. The normalized spacial score (nSPS) is 10.5. The zero-order valence-electron chi connectivity index (χ0n) is 13.7. The first-order valence-electron chi connectivity index (χ1n) is 7.94. The predicted octanol–water partition coefficient (Wildman–Crippen LogP) is 2.77. The predicted molar refractivity (Wildman–Crippen MR) is 99.4 cm³/mol. The van der Waals surface area contributed by atoms with Crippen molar-refractivity contribution in [1.82, 2.24) is 15.3 Å². The van der Waals surface area contributed by atoms with Crippen LogP contribution >= 0.6 is 11.6 Å². The van der Waals surface area contributed by atoms with Gasteiger partial charge in [0.15, 0.2) is 0 Å². The molecule has 3 aromatic rings. The molecule has 0 aliphatic carbocycles. The van der Waals surface area contributed by atoms with E-state index in [4.69, 9.17) is 11.6 Å². The average Bonchev–Trinajstić information content (AvgIpc) is 2.64. The van der Waals surface area contributed by atoms with Gasteiger partial charge in [-0.1, -0.05) is 23.7 Å². The molecule has 6 nitrogen and oxygen atoms in total. The quantitative estimate of drug-likeness (QED) is 0.644. The van der Waals surface area contributed by atoms with Gasteiger partial charge < -0.3 is 15.4 Å². The summed E-state index contributed by atoms with van der Waals surface area (Å²) < 4.78 is 0. The molecule has 0 spiro atoms. The van der Waals surface area contributed by atoms with Crippen molar-refractivity contribution >= 4 is 17.5 Å². The van der Waals surface area contributed by atoms with Crippen molar-refractivity contribution in [2.45, 2.75) is 6.42 Å². The Kier molecular flexibility index (Phi) is 5.34. The van der Waals surface area contributed by atoms with Gasteiger partial charge >= 0.3 is 0 Å². The highest BCUT2D eigenvalue weighted by atomic mass is 35.5. The second kappa shape index (κ2) is 7.84. The Labute approximate surface area is 154 Å². The maximum Gasteiger partial charge on any atom is 0.264 e. The number of H-pyrrole nitrogens is 1. The van der Waals surface area contributed by atoms with Crippen molar-refractivity contribution in [2.75, 3.05) is 6.54 Å². The lowest BCUT2D eigenvalue weighted by molar-refractivity contribution is 0.0952. The van der Waals surface area contributed by atoms with Gasteiger partial charge in [-0.3, -0.25) is 9.59 Å². The van der Waals surface area contributed by atoms with E-state index in [2.05, 4.69) is 15.3 Å². The molecule has 0 fully saturated rings. The summed E-state index contributed by atoms with van der Waals surface area (Å²) >= 11 is 5.84. The number of carbonyl (C=O) groups excluding carboxylic acids is 1. The van der Waals surface area contributed by atoms with E-state index >= 15 is 0 Å². The second-order valence-electron chi connectivity index (χ2n) is 5.65. The maximum atomic E-state index is 12.2. The minimum Gasteiger partial charge on any atom is -0.508 e. The number of halogens is 1. The third-order valence-electron chi connectivity index (χ3n) is 3.80. The second-order valence-corrected chi connectivity index (χ2v) is 6.09. The summed E-state index contributed by atoms with van der Waals surface area (Å²) in [6, 6.07) is 13.6. The highest BCUT2D eigenvalue weighted by Gasteiger charge is 2.12. The summed E-state index contributed by atoms with van der Waals surface area (Å²) in [5.41, 5.74) is 1.11. The first-order chi connectivity index (χ1) is 12.5. The van der Waals surface area contributed by atoms with Crippen LogP contribution in [0.15, 0.2) is 59.5 Å². The fraction of sp³-hybridized carbons (Fsp3) is 0.105. The average molecular weight is 370 g/mol. The number of amides is 1. The number of aromatic nitrogens is 2. The molecule has 1 amide bonds. The Bertz CT molecular complexity index is 967. The van der Waals surface area contributed by atoms with Gasteiger partial charge in [0.05, 0.1) is 0 Å². The molecule has 0 aliphatic rings. The van der Waals surface area contributed by atoms with Crippen molar-refractivity contribution in [3.63, 3.8) is 0 Å². The fourth-order valence-electron chi connectivity index (χ4n) is 2.39. The van der Waals surface area contributed by atoms with Crippen LogP contribution in [0.25, 0.3) is 11.4 Å². The van der Waals surface area contributed by atoms with Crippen molar-refractivity contribution in [3.05, 3.63) is 81.2 Å². The van der Waals surface area contributed by atoms with Crippen LogP contribution in [-0.2, 0) is 6.42 Å². The molecule has 132 valence electrons. The van der Waals surface area contributed by atoms with Gasteiger partial charge in [-0.2, -0.15) is 0 Å². The summed E-state index contributed by atoms with van der Waals surface area (Å²) in [5.74, 6) is 0.0728. The van der Waals surface area contributed by atoms with Crippen molar-refractivity contribution in [2.24, 2.45) is 0 Å². The molecule has 0 saturated heterocycles. The number of rotatable bonds is 5. The molecule has 0 aliphatic heterocycles. The molecule has 0 radical (unpaired) electrons. The van der Waals surface area contributed by atoms with E-state index < -0.39 is 11.5 Å². The number of nitrogens with zero attached hydrogens (tertiary/aromatic N) is 1. The Morgan fingerprint density at radius 3 is 2.46 bits per heavy atom. The fourth-order valence-corrected chi connectivity index (χ4v) is 2.52. The SMILES string of the molecule is O=C(NCCc1ccc(O)cc1)c1cnc(-c2ccc(Cl)cc2)[nH]c1=O. The molecular weight excluding hydrogens is 354 g/mol. The molecule has 7 heteroatoms. The third-order valence-corrected chi connectivity index (χ3v) is 4.05. The molecular formula is C19H16ClN3O3. The number of carbonyl (C=O) groups is 1. The minimum atomic E-state index is -0.507. The molecule has 26 heavy (non-hydrogen) atoms. The van der Waals surface area contributed by atoms with Crippen LogP contribution in [0.2, 0.25) is 5.02 Å². The first kappa shape index (κ1) is 17.7. The van der Waals surface area contributed by atoms with Crippen LogP contribution in [0, 0.1) is 0 Å². The van der Waals surface area contributed by atoms with Crippen molar-refractivity contribution in [1.29, 1.82) is 0 Å². The Balaban J connectivity index is 1.65. The zero-order chi connectivity index (χ0) is 18.5. The van der Waals surface area contributed by atoms with Gasteiger partial charge in [0.25, 0.3) is 11.5 Å². The number of benzene rings is 2. The number of hydrogen-bond acceptors (Lipinski definition) is 4. The smallest absolute Gasteiger partial charge is 0.264 e. The Morgan fingerprint density at radius 1 is 1.12 bits per heavy atom. The van der Waals surface area contributed by atoms with Gasteiger partial charge in [-0.05, 0) is 48.4 Å². The largest absolute Gasteiger partial charge is 0.508 e. The van der Waals surface area contributed by atoms with Gasteiger partial charge in [-0.15, -0.1) is 0 Å².